The molecule has 0 spiro atoms. The van der Waals surface area contributed by atoms with Crippen LogP contribution in [0.15, 0.2) is 121 Å². The standard InChI is InChI=1S/C24H20IP.BrH/c25-26(21-13-5-1-6-14-21,22-15-7-2-8-16-22,23-17-9-3-10-18-23)24-19-11-4-12-20-24;/h1-20H;1H. The number of hydrogen-bond donors (Lipinski definition) is 0. The van der Waals surface area contributed by atoms with Gasteiger partial charge in [-0.3, -0.25) is 0 Å². The van der Waals surface area contributed by atoms with E-state index in [1.54, 1.807) is 0 Å². The summed E-state index contributed by atoms with van der Waals surface area (Å²) in [6.45, 7) is 0. The van der Waals surface area contributed by atoms with Gasteiger partial charge < -0.3 is 0 Å². The number of benzene rings is 4. The van der Waals surface area contributed by atoms with E-state index < -0.39 is 4.25 Å². The zero-order chi connectivity index (χ0) is 17.9. The van der Waals surface area contributed by atoms with Crippen LogP contribution < -0.4 is 21.2 Å². The van der Waals surface area contributed by atoms with Crippen molar-refractivity contribution >= 4 is 64.5 Å². The third-order valence-corrected chi connectivity index (χ3v) is 16.7. The summed E-state index contributed by atoms with van der Waals surface area (Å²) in [7, 11) is 0. The van der Waals surface area contributed by atoms with Crippen LogP contribution in [0.5, 0.6) is 0 Å². The predicted octanol–water partition coefficient (Wildman–Crippen LogP) is 5.77. The van der Waals surface area contributed by atoms with Crippen molar-refractivity contribution in [3.05, 3.63) is 121 Å². The van der Waals surface area contributed by atoms with Crippen molar-refractivity contribution in [1.82, 2.24) is 0 Å². The van der Waals surface area contributed by atoms with Gasteiger partial charge in [-0.25, -0.2) is 0 Å². The Labute approximate surface area is 184 Å². The van der Waals surface area contributed by atoms with Crippen LogP contribution in [0.1, 0.15) is 0 Å². The Kier molecular flexibility index (Phi) is 6.20. The summed E-state index contributed by atoms with van der Waals surface area (Å²) < 4.78 is -2.85. The molecule has 136 valence electrons. The molecule has 0 amide bonds. The third kappa shape index (κ3) is 3.18. The monoisotopic (exact) mass is 546 g/mol. The van der Waals surface area contributed by atoms with E-state index in [1.165, 1.54) is 21.2 Å². The molecule has 0 fully saturated rings. The molecule has 0 unspecified atom stereocenters. The predicted molar refractivity (Wildman–Crippen MR) is 136 cm³/mol. The van der Waals surface area contributed by atoms with E-state index in [-0.39, 0.29) is 17.0 Å². The summed E-state index contributed by atoms with van der Waals surface area (Å²) in [5.74, 6) is 0. The summed E-state index contributed by atoms with van der Waals surface area (Å²) in [4.78, 5) is 0. The van der Waals surface area contributed by atoms with Crippen molar-refractivity contribution in [1.29, 1.82) is 0 Å². The quantitative estimate of drug-likeness (QED) is 0.225. The minimum atomic E-state index is -2.85. The molecule has 0 N–H and O–H groups in total. The first-order valence-corrected chi connectivity index (χ1v) is 13.7. The molecule has 0 saturated carbocycles. The molecule has 0 aliphatic rings. The number of rotatable bonds is 4. The second-order valence-electron chi connectivity index (χ2n) is 6.35. The summed E-state index contributed by atoms with van der Waals surface area (Å²) in [6.07, 6.45) is 0. The fraction of sp³-hybridized carbons (Fsp3) is 0. The molecule has 27 heavy (non-hydrogen) atoms. The Morgan fingerprint density at radius 2 is 0.556 bits per heavy atom. The van der Waals surface area contributed by atoms with E-state index in [0.717, 1.165) is 0 Å². The van der Waals surface area contributed by atoms with Gasteiger partial charge in [0.1, 0.15) is 0 Å². The zero-order valence-electron chi connectivity index (χ0n) is 14.8. The van der Waals surface area contributed by atoms with E-state index in [4.69, 9.17) is 0 Å². The van der Waals surface area contributed by atoms with Gasteiger partial charge in [-0.1, -0.05) is 0 Å². The summed E-state index contributed by atoms with van der Waals surface area (Å²) >= 11 is 2.80. The average molecular weight is 547 g/mol. The average Bonchev–Trinajstić information content (AvgIpc) is 2.76. The van der Waals surface area contributed by atoms with Crippen LogP contribution in [0.3, 0.4) is 0 Å². The zero-order valence-corrected chi connectivity index (χ0v) is 19.5. The molecule has 0 aliphatic carbocycles. The molecule has 0 aliphatic heterocycles. The van der Waals surface area contributed by atoms with Crippen molar-refractivity contribution in [2.24, 2.45) is 0 Å². The molecular formula is C24H21BrIP. The van der Waals surface area contributed by atoms with E-state index in [0.29, 0.717) is 0 Å². The number of hydrogen-bond acceptors (Lipinski definition) is 0. The van der Waals surface area contributed by atoms with Crippen LogP contribution in [-0.2, 0) is 0 Å². The Balaban J connectivity index is 0.00000210. The van der Waals surface area contributed by atoms with Gasteiger partial charge in [0.15, 0.2) is 0 Å². The van der Waals surface area contributed by atoms with Gasteiger partial charge in [0.05, 0.1) is 0 Å². The number of halogens is 2. The van der Waals surface area contributed by atoms with Gasteiger partial charge in [0.2, 0.25) is 0 Å². The van der Waals surface area contributed by atoms with Crippen LogP contribution in [0, 0.1) is 0 Å². The van der Waals surface area contributed by atoms with Crippen LogP contribution >= 0.6 is 43.3 Å². The van der Waals surface area contributed by atoms with E-state index in [2.05, 4.69) is 143 Å². The Hall–Kier alpha value is -1.48. The van der Waals surface area contributed by atoms with Gasteiger partial charge in [-0.2, -0.15) is 0 Å². The maximum absolute atomic E-state index is 2.85. The first-order chi connectivity index (χ1) is 12.7. The second-order valence-corrected chi connectivity index (χ2v) is 16.2. The van der Waals surface area contributed by atoms with Crippen molar-refractivity contribution < 1.29 is 0 Å². The molecule has 4 rings (SSSR count). The van der Waals surface area contributed by atoms with E-state index >= 15 is 0 Å². The van der Waals surface area contributed by atoms with Crippen LogP contribution in [0.4, 0.5) is 0 Å². The fourth-order valence-electron chi connectivity index (χ4n) is 3.73. The maximum atomic E-state index is 2.80. The summed E-state index contributed by atoms with van der Waals surface area (Å²) in [6, 6.07) is 44.0. The third-order valence-electron chi connectivity index (χ3n) is 4.96. The van der Waals surface area contributed by atoms with E-state index in [9.17, 15) is 0 Å². The molecule has 0 radical (unpaired) electrons. The topological polar surface area (TPSA) is 0 Å². The Morgan fingerprint density at radius 3 is 0.741 bits per heavy atom. The molecule has 0 atom stereocenters. The molecule has 0 heterocycles. The van der Waals surface area contributed by atoms with Crippen molar-refractivity contribution in [3.63, 3.8) is 0 Å². The van der Waals surface area contributed by atoms with Gasteiger partial charge >= 0.3 is 169 Å². The summed E-state index contributed by atoms with van der Waals surface area (Å²) in [5, 5.41) is 5.51. The van der Waals surface area contributed by atoms with E-state index in [1.807, 2.05) is 0 Å². The first kappa shape index (κ1) is 20.3. The Bertz CT molecular complexity index is 820. The van der Waals surface area contributed by atoms with Crippen LogP contribution in [0.25, 0.3) is 0 Å². The molecule has 0 nitrogen and oxygen atoms in total. The SMILES string of the molecule is Br.IP(c1ccccc1)(c1ccccc1)(c1ccccc1)c1ccccc1. The van der Waals surface area contributed by atoms with Gasteiger partial charge in [0, 0.05) is 0 Å². The Morgan fingerprint density at radius 1 is 0.370 bits per heavy atom. The molecule has 4 aromatic rings. The van der Waals surface area contributed by atoms with Crippen molar-refractivity contribution in [2.75, 3.05) is 0 Å². The second kappa shape index (κ2) is 8.26. The molecule has 0 bridgehead atoms. The molecule has 4 aromatic carbocycles. The molecule has 3 heteroatoms. The normalized spacial score (nSPS) is 12.4. The minimum absolute atomic E-state index is 0. The van der Waals surface area contributed by atoms with Crippen molar-refractivity contribution in [3.8, 4) is 0 Å². The molecular weight excluding hydrogens is 526 g/mol. The molecule has 0 saturated heterocycles. The van der Waals surface area contributed by atoms with Gasteiger partial charge in [-0.05, 0) is 0 Å². The van der Waals surface area contributed by atoms with Gasteiger partial charge in [0.25, 0.3) is 0 Å². The van der Waals surface area contributed by atoms with Crippen LogP contribution in [0.2, 0.25) is 0 Å². The first-order valence-electron chi connectivity index (χ1n) is 8.71. The van der Waals surface area contributed by atoms with Crippen molar-refractivity contribution in [2.45, 2.75) is 0 Å². The van der Waals surface area contributed by atoms with Gasteiger partial charge in [-0.15, -0.1) is 17.0 Å². The summed E-state index contributed by atoms with van der Waals surface area (Å²) in [5.41, 5.74) is 0. The van der Waals surface area contributed by atoms with Crippen LogP contribution in [-0.4, -0.2) is 0 Å². The molecule has 0 aromatic heterocycles. The fourth-order valence-corrected chi connectivity index (χ4v) is 12.3.